The van der Waals surface area contributed by atoms with Gasteiger partial charge in [-0.25, -0.2) is 4.79 Å². The number of benzene rings is 1. The van der Waals surface area contributed by atoms with E-state index in [-0.39, 0.29) is 5.76 Å². The van der Waals surface area contributed by atoms with E-state index in [4.69, 9.17) is 4.42 Å². The first-order valence-electron chi connectivity index (χ1n) is 4.57. The molecule has 5 heteroatoms. The molecule has 2 aromatic rings. The fourth-order valence-corrected chi connectivity index (χ4v) is 1.87. The van der Waals surface area contributed by atoms with Crippen LogP contribution in [-0.2, 0) is 9.53 Å². The zero-order valence-corrected chi connectivity index (χ0v) is 10.0. The summed E-state index contributed by atoms with van der Waals surface area (Å²) in [5.41, 5.74) is 0.604. The van der Waals surface area contributed by atoms with Crippen molar-refractivity contribution in [3.8, 4) is 0 Å². The minimum absolute atomic E-state index is 0.175. The Kier molecular flexibility index (Phi) is 2.98. The largest absolute Gasteiger partial charge is 0.467 e. The molecule has 16 heavy (non-hydrogen) atoms. The quantitative estimate of drug-likeness (QED) is 0.861. The summed E-state index contributed by atoms with van der Waals surface area (Å²) in [4.78, 5) is 11.1. The molecule has 1 N–H and O–H groups in total. The smallest absolute Gasteiger partial charge is 0.342 e. The number of halogens is 1. The van der Waals surface area contributed by atoms with Crippen LogP contribution in [0, 0.1) is 0 Å². The number of rotatable bonds is 2. The van der Waals surface area contributed by atoms with Gasteiger partial charge in [-0.2, -0.15) is 0 Å². The molecule has 0 spiro atoms. The monoisotopic (exact) mass is 284 g/mol. The first-order chi connectivity index (χ1) is 7.63. The number of furan rings is 1. The minimum Gasteiger partial charge on any atom is -0.467 e. The van der Waals surface area contributed by atoms with E-state index in [0.29, 0.717) is 5.58 Å². The number of hydrogen-bond donors (Lipinski definition) is 1. The summed E-state index contributed by atoms with van der Waals surface area (Å²) in [5, 5.41) is 10.4. The number of aliphatic hydroxyl groups is 1. The fraction of sp³-hybridized carbons (Fsp3) is 0.182. The van der Waals surface area contributed by atoms with Gasteiger partial charge in [0.2, 0.25) is 6.10 Å². The van der Waals surface area contributed by atoms with Gasteiger partial charge >= 0.3 is 5.97 Å². The number of hydrogen-bond acceptors (Lipinski definition) is 4. The Morgan fingerprint density at radius 1 is 1.56 bits per heavy atom. The number of methoxy groups -OCH3 is 1. The van der Waals surface area contributed by atoms with E-state index in [2.05, 4.69) is 20.7 Å². The summed E-state index contributed by atoms with van der Waals surface area (Å²) >= 11 is 3.36. The Hall–Kier alpha value is -1.33. The van der Waals surface area contributed by atoms with Crippen molar-refractivity contribution in [1.29, 1.82) is 0 Å². The molecule has 1 aromatic carbocycles. The zero-order chi connectivity index (χ0) is 11.7. The first kappa shape index (κ1) is 11.2. The third-order valence-electron chi connectivity index (χ3n) is 2.22. The van der Waals surface area contributed by atoms with Crippen LogP contribution in [0.4, 0.5) is 0 Å². The van der Waals surface area contributed by atoms with E-state index < -0.39 is 12.1 Å². The van der Waals surface area contributed by atoms with E-state index >= 15 is 0 Å². The molecule has 0 aliphatic rings. The van der Waals surface area contributed by atoms with Gasteiger partial charge in [-0.1, -0.05) is 22.0 Å². The van der Waals surface area contributed by atoms with Gasteiger partial charge in [0, 0.05) is 9.86 Å². The molecule has 1 aromatic heterocycles. The molecule has 4 nitrogen and oxygen atoms in total. The van der Waals surface area contributed by atoms with Crippen molar-refractivity contribution < 1.29 is 19.1 Å². The molecule has 0 amide bonds. The molecule has 0 saturated heterocycles. The van der Waals surface area contributed by atoms with Gasteiger partial charge in [0.15, 0.2) is 0 Å². The summed E-state index contributed by atoms with van der Waals surface area (Å²) in [6.07, 6.45) is -1.38. The van der Waals surface area contributed by atoms with Crippen molar-refractivity contribution >= 4 is 32.9 Å². The third kappa shape index (κ3) is 1.83. The molecular weight excluding hydrogens is 276 g/mol. The van der Waals surface area contributed by atoms with E-state index in [0.717, 1.165) is 9.86 Å². The van der Waals surface area contributed by atoms with Crippen LogP contribution in [-0.4, -0.2) is 18.2 Å². The van der Waals surface area contributed by atoms with Gasteiger partial charge < -0.3 is 14.3 Å². The maximum Gasteiger partial charge on any atom is 0.342 e. The van der Waals surface area contributed by atoms with Crippen LogP contribution in [0.5, 0.6) is 0 Å². The van der Waals surface area contributed by atoms with Crippen LogP contribution in [0.1, 0.15) is 11.9 Å². The lowest BCUT2D eigenvalue weighted by Crippen LogP contribution is -2.12. The lowest BCUT2D eigenvalue weighted by atomic mass is 10.2. The summed E-state index contributed by atoms with van der Waals surface area (Å²) < 4.78 is 10.6. The van der Waals surface area contributed by atoms with Crippen LogP contribution in [0.15, 0.2) is 33.2 Å². The molecule has 84 valence electrons. The topological polar surface area (TPSA) is 59.7 Å². The summed E-state index contributed by atoms with van der Waals surface area (Å²) in [6, 6.07) is 7.03. The Bertz CT molecular complexity index is 532. The third-order valence-corrected chi connectivity index (χ3v) is 2.91. The second-order valence-corrected chi connectivity index (χ2v) is 4.08. The van der Waals surface area contributed by atoms with Gasteiger partial charge in [-0.3, -0.25) is 0 Å². The first-order valence-corrected chi connectivity index (χ1v) is 5.36. The highest BCUT2D eigenvalue weighted by Gasteiger charge is 2.22. The van der Waals surface area contributed by atoms with Crippen molar-refractivity contribution in [3.05, 3.63) is 34.5 Å². The molecule has 1 atom stereocenters. The van der Waals surface area contributed by atoms with Crippen molar-refractivity contribution in [2.45, 2.75) is 6.10 Å². The second-order valence-electron chi connectivity index (χ2n) is 3.23. The van der Waals surface area contributed by atoms with Crippen LogP contribution in [0.3, 0.4) is 0 Å². The summed E-state index contributed by atoms with van der Waals surface area (Å²) in [5.74, 6) is -0.566. The molecule has 0 saturated carbocycles. The Balaban J connectivity index is 2.47. The van der Waals surface area contributed by atoms with Crippen LogP contribution in [0.25, 0.3) is 11.0 Å². The summed E-state index contributed by atoms with van der Waals surface area (Å²) in [7, 11) is 1.21. The zero-order valence-electron chi connectivity index (χ0n) is 8.44. The highest BCUT2D eigenvalue weighted by molar-refractivity contribution is 9.10. The Labute approximate surface area is 99.9 Å². The second kappa shape index (κ2) is 4.27. The molecule has 0 fully saturated rings. The predicted molar refractivity (Wildman–Crippen MR) is 60.9 cm³/mol. The van der Waals surface area contributed by atoms with Gasteiger partial charge in [0.05, 0.1) is 7.11 Å². The molecule has 1 heterocycles. The SMILES string of the molecule is COC(=O)C(O)c1cc2c(Br)cccc2o1. The van der Waals surface area contributed by atoms with E-state index in [1.54, 1.807) is 12.1 Å². The van der Waals surface area contributed by atoms with Crippen molar-refractivity contribution in [3.63, 3.8) is 0 Å². The average molecular weight is 285 g/mol. The fourth-order valence-electron chi connectivity index (χ4n) is 1.41. The standard InChI is InChI=1S/C11H9BrO4/c1-15-11(14)10(13)9-5-6-7(12)3-2-4-8(6)16-9/h2-5,10,13H,1H3. The lowest BCUT2D eigenvalue weighted by Gasteiger charge is -2.03. The predicted octanol–water partition coefficient (Wildman–Crippen LogP) is 2.40. The molecule has 0 aliphatic carbocycles. The number of carbonyl (C=O) groups is 1. The maximum absolute atomic E-state index is 11.1. The summed E-state index contributed by atoms with van der Waals surface area (Å²) in [6.45, 7) is 0. The van der Waals surface area contributed by atoms with Crippen LogP contribution < -0.4 is 0 Å². The lowest BCUT2D eigenvalue weighted by molar-refractivity contribution is -0.151. The molecule has 0 aliphatic heterocycles. The van der Waals surface area contributed by atoms with Gasteiger partial charge in [0.25, 0.3) is 0 Å². The van der Waals surface area contributed by atoms with E-state index in [1.165, 1.54) is 7.11 Å². The van der Waals surface area contributed by atoms with Crippen molar-refractivity contribution in [2.75, 3.05) is 7.11 Å². The Morgan fingerprint density at radius 2 is 2.31 bits per heavy atom. The number of ether oxygens (including phenoxy) is 1. The highest BCUT2D eigenvalue weighted by atomic mass is 79.9. The van der Waals surface area contributed by atoms with E-state index in [1.807, 2.05) is 12.1 Å². The number of carbonyl (C=O) groups excluding carboxylic acids is 1. The molecule has 2 rings (SSSR count). The Morgan fingerprint density at radius 3 is 2.94 bits per heavy atom. The van der Waals surface area contributed by atoms with Crippen LogP contribution in [0.2, 0.25) is 0 Å². The van der Waals surface area contributed by atoms with Crippen LogP contribution >= 0.6 is 15.9 Å². The molecule has 0 radical (unpaired) electrons. The molecular formula is C11H9BrO4. The number of aliphatic hydroxyl groups excluding tert-OH is 1. The van der Waals surface area contributed by atoms with Gasteiger partial charge in [-0.05, 0) is 18.2 Å². The molecule has 1 unspecified atom stereocenters. The highest BCUT2D eigenvalue weighted by Crippen LogP contribution is 2.29. The van der Waals surface area contributed by atoms with E-state index in [9.17, 15) is 9.90 Å². The maximum atomic E-state index is 11.1. The average Bonchev–Trinajstić information content (AvgIpc) is 2.72. The van der Waals surface area contributed by atoms with Gasteiger partial charge in [-0.15, -0.1) is 0 Å². The van der Waals surface area contributed by atoms with Crippen molar-refractivity contribution in [1.82, 2.24) is 0 Å². The van der Waals surface area contributed by atoms with Gasteiger partial charge in [0.1, 0.15) is 11.3 Å². The van der Waals surface area contributed by atoms with Crippen molar-refractivity contribution in [2.24, 2.45) is 0 Å². The number of esters is 1. The molecule has 0 bridgehead atoms. The minimum atomic E-state index is -1.38. The number of fused-ring (bicyclic) bond motifs is 1. The normalized spacial score (nSPS) is 12.7.